The van der Waals surface area contributed by atoms with Crippen LogP contribution in [-0.2, 0) is 26.9 Å². The first-order valence-corrected chi connectivity index (χ1v) is 14.8. The topological polar surface area (TPSA) is 83.5 Å². The summed E-state index contributed by atoms with van der Waals surface area (Å²) in [5.41, 5.74) is 2.51. The minimum absolute atomic E-state index is 0.118. The van der Waals surface area contributed by atoms with Gasteiger partial charge in [-0.3, -0.25) is 4.79 Å². The van der Waals surface area contributed by atoms with E-state index in [2.05, 4.69) is 0 Å². The number of rotatable bonds is 8. The third kappa shape index (κ3) is 6.23. The molecule has 1 N–H and O–H groups in total. The van der Waals surface area contributed by atoms with Crippen LogP contribution < -0.4 is 14.2 Å². The molecule has 6 rings (SSSR count). The van der Waals surface area contributed by atoms with Gasteiger partial charge in [0.2, 0.25) is 0 Å². The number of ether oxygens (including phenoxy) is 5. The summed E-state index contributed by atoms with van der Waals surface area (Å²) in [6.07, 6.45) is -2.86. The van der Waals surface area contributed by atoms with Crippen molar-refractivity contribution in [2.75, 3.05) is 33.5 Å². The van der Waals surface area contributed by atoms with Crippen molar-refractivity contribution < 1.29 is 46.8 Å². The fourth-order valence-corrected chi connectivity index (χ4v) is 6.31. The second-order valence-electron chi connectivity index (χ2n) is 11.8. The van der Waals surface area contributed by atoms with Crippen LogP contribution in [-0.4, -0.2) is 50.2 Å². The Labute approximate surface area is 253 Å². The van der Waals surface area contributed by atoms with Crippen molar-refractivity contribution in [1.82, 2.24) is 0 Å². The maximum atomic E-state index is 14.1. The Morgan fingerprint density at radius 3 is 2.52 bits per heavy atom. The molecule has 0 bridgehead atoms. The molecule has 0 saturated carbocycles. The molecule has 10 heteroatoms. The summed E-state index contributed by atoms with van der Waals surface area (Å²) >= 11 is 0. The molecule has 7 nitrogen and oxygen atoms in total. The molecule has 1 aliphatic carbocycles. The van der Waals surface area contributed by atoms with E-state index in [1.807, 2.05) is 13.0 Å². The predicted molar refractivity (Wildman–Crippen MR) is 155 cm³/mol. The highest BCUT2D eigenvalue weighted by Gasteiger charge is 2.37. The Hall–Kier alpha value is -3.76. The number of hydrogen-bond donors (Lipinski definition) is 1. The molecule has 0 amide bonds. The molecule has 2 unspecified atom stereocenters. The van der Waals surface area contributed by atoms with Crippen LogP contribution >= 0.6 is 0 Å². The lowest BCUT2D eigenvalue weighted by atomic mass is 9.91. The zero-order valence-electron chi connectivity index (χ0n) is 24.7. The van der Waals surface area contributed by atoms with E-state index >= 15 is 0 Å². The molecule has 0 aromatic heterocycles. The van der Waals surface area contributed by atoms with E-state index in [4.69, 9.17) is 23.7 Å². The van der Waals surface area contributed by atoms with E-state index in [1.54, 1.807) is 30.3 Å². The van der Waals surface area contributed by atoms with E-state index < -0.39 is 23.4 Å². The van der Waals surface area contributed by atoms with Crippen molar-refractivity contribution in [1.29, 1.82) is 0 Å². The lowest BCUT2D eigenvalue weighted by Crippen LogP contribution is -2.41. The van der Waals surface area contributed by atoms with Crippen molar-refractivity contribution in [3.63, 3.8) is 0 Å². The first-order chi connectivity index (χ1) is 21.0. The average Bonchev–Trinajstić information content (AvgIpc) is 3.59. The molecule has 2 atom stereocenters. The van der Waals surface area contributed by atoms with E-state index in [-0.39, 0.29) is 24.9 Å². The second kappa shape index (κ2) is 12.0. The Bertz CT molecular complexity index is 1540. The van der Waals surface area contributed by atoms with Gasteiger partial charge >= 0.3 is 12.1 Å². The van der Waals surface area contributed by atoms with Gasteiger partial charge in [-0.15, -0.1) is 0 Å². The molecule has 44 heavy (non-hydrogen) atoms. The van der Waals surface area contributed by atoms with E-state index in [9.17, 15) is 23.1 Å². The van der Waals surface area contributed by atoms with Crippen molar-refractivity contribution in [3.05, 3.63) is 76.3 Å². The van der Waals surface area contributed by atoms with Crippen LogP contribution in [0.5, 0.6) is 17.2 Å². The average molecular weight is 613 g/mol. The lowest BCUT2D eigenvalue weighted by Gasteiger charge is -2.31. The van der Waals surface area contributed by atoms with Crippen molar-refractivity contribution in [2.24, 2.45) is 0 Å². The van der Waals surface area contributed by atoms with Crippen molar-refractivity contribution >= 4 is 5.97 Å². The van der Waals surface area contributed by atoms with Gasteiger partial charge < -0.3 is 28.8 Å². The number of esters is 1. The van der Waals surface area contributed by atoms with Gasteiger partial charge in [-0.2, -0.15) is 13.2 Å². The molecule has 1 saturated heterocycles. The van der Waals surface area contributed by atoms with Gasteiger partial charge in [0.25, 0.3) is 0 Å². The Kier molecular flexibility index (Phi) is 8.24. The van der Waals surface area contributed by atoms with Crippen LogP contribution in [0.15, 0.2) is 48.5 Å². The number of carbonyl (C=O) groups excluding carboxylic acids is 1. The predicted octanol–water partition coefficient (Wildman–Crippen LogP) is 6.71. The zero-order valence-corrected chi connectivity index (χ0v) is 24.7. The summed E-state index contributed by atoms with van der Waals surface area (Å²) in [6.45, 7) is 3.26. The highest BCUT2D eigenvalue weighted by atomic mass is 19.4. The Morgan fingerprint density at radius 1 is 1.02 bits per heavy atom. The summed E-state index contributed by atoms with van der Waals surface area (Å²) in [6, 6.07) is 13.1. The van der Waals surface area contributed by atoms with Gasteiger partial charge in [-0.1, -0.05) is 12.1 Å². The van der Waals surface area contributed by atoms with E-state index in [1.165, 1.54) is 19.2 Å². The first-order valence-electron chi connectivity index (χ1n) is 14.8. The number of aliphatic hydroxyl groups is 1. The summed E-state index contributed by atoms with van der Waals surface area (Å²) < 4.78 is 70.5. The summed E-state index contributed by atoms with van der Waals surface area (Å²) in [4.78, 5) is 11.8. The molecule has 3 aromatic carbocycles. The van der Waals surface area contributed by atoms with Gasteiger partial charge in [0, 0.05) is 43.6 Å². The van der Waals surface area contributed by atoms with Crippen LogP contribution in [0.2, 0.25) is 0 Å². The Balaban J connectivity index is 1.25. The van der Waals surface area contributed by atoms with Gasteiger partial charge in [-0.25, -0.2) is 0 Å². The number of benzene rings is 3. The third-order valence-electron chi connectivity index (χ3n) is 8.82. The zero-order chi connectivity index (χ0) is 31.1. The van der Waals surface area contributed by atoms with Crippen molar-refractivity contribution in [2.45, 2.75) is 62.8 Å². The SMILES string of the molecule is COC(=O)CC1COc2cc(OC3CCc4c(-c5ccc(OCC6(O)CCOCC6)cc5C)cc(C(F)(F)F)cc43)ccc21. The third-order valence-corrected chi connectivity index (χ3v) is 8.82. The van der Waals surface area contributed by atoms with Crippen LogP contribution in [0.25, 0.3) is 11.1 Å². The van der Waals surface area contributed by atoms with E-state index in [0.717, 1.165) is 16.7 Å². The number of fused-ring (bicyclic) bond motifs is 2. The molecule has 1 fully saturated rings. The minimum atomic E-state index is -4.54. The second-order valence-corrected chi connectivity index (χ2v) is 11.8. The number of halogens is 3. The summed E-state index contributed by atoms with van der Waals surface area (Å²) in [5.74, 6) is 1.19. The van der Waals surface area contributed by atoms with Crippen LogP contribution in [0.4, 0.5) is 13.2 Å². The maximum Gasteiger partial charge on any atom is 0.416 e. The quantitative estimate of drug-likeness (QED) is 0.283. The van der Waals surface area contributed by atoms with Gasteiger partial charge in [0.15, 0.2) is 0 Å². The summed E-state index contributed by atoms with van der Waals surface area (Å²) in [7, 11) is 1.34. The summed E-state index contributed by atoms with van der Waals surface area (Å²) in [5, 5.41) is 10.7. The normalized spacial score (nSPS) is 20.4. The van der Waals surface area contributed by atoms with E-state index in [0.29, 0.717) is 79.4 Å². The molecule has 0 spiro atoms. The van der Waals surface area contributed by atoms with Gasteiger partial charge in [-0.05, 0) is 77.9 Å². The molecule has 3 aliphatic rings. The van der Waals surface area contributed by atoms with Gasteiger partial charge in [0.1, 0.15) is 35.6 Å². The number of alkyl halides is 3. The monoisotopic (exact) mass is 612 g/mol. The fraction of sp³-hybridized carbons (Fsp3) is 0.441. The van der Waals surface area contributed by atoms with Crippen LogP contribution in [0.1, 0.15) is 65.5 Å². The standard InChI is InChI=1S/C34H35F3O7/c1-20-13-23(43-19-33(39)9-11-41-12-10-33)3-5-25(20)28-15-22(34(35,36)37)16-29-27(28)7-8-30(29)44-24-4-6-26-21(14-32(38)40-2)18-42-31(26)17-24/h3-6,13,15-17,21,30,39H,7-12,14,18-19H2,1-2H3. The largest absolute Gasteiger partial charge is 0.492 e. The molecule has 2 heterocycles. The number of hydrogen-bond acceptors (Lipinski definition) is 7. The number of aryl methyl sites for hydroxylation is 1. The van der Waals surface area contributed by atoms with Gasteiger partial charge in [0.05, 0.1) is 25.7 Å². The number of methoxy groups -OCH3 is 1. The Morgan fingerprint density at radius 2 is 1.80 bits per heavy atom. The molecule has 2 aliphatic heterocycles. The highest BCUT2D eigenvalue weighted by Crippen LogP contribution is 2.46. The lowest BCUT2D eigenvalue weighted by molar-refractivity contribution is -0.141. The smallest absolute Gasteiger partial charge is 0.416 e. The molecular weight excluding hydrogens is 577 g/mol. The van der Waals surface area contributed by atoms with Crippen LogP contribution in [0.3, 0.4) is 0 Å². The first kappa shape index (κ1) is 30.3. The fourth-order valence-electron chi connectivity index (χ4n) is 6.31. The number of carbonyl (C=O) groups is 1. The van der Waals surface area contributed by atoms with Crippen LogP contribution in [0, 0.1) is 6.92 Å². The maximum absolute atomic E-state index is 14.1. The molecular formula is C34H35F3O7. The van der Waals surface area contributed by atoms with Crippen molar-refractivity contribution in [3.8, 4) is 28.4 Å². The molecule has 0 radical (unpaired) electrons. The molecule has 3 aromatic rings. The molecule has 234 valence electrons. The minimum Gasteiger partial charge on any atom is -0.492 e. The highest BCUT2D eigenvalue weighted by molar-refractivity contribution is 5.74.